The second kappa shape index (κ2) is 3.27. The highest BCUT2D eigenvalue weighted by Crippen LogP contribution is 2.38. The summed E-state index contributed by atoms with van der Waals surface area (Å²) >= 11 is 0. The molecule has 0 saturated heterocycles. The Kier molecular flexibility index (Phi) is 2.39. The zero-order valence-electron chi connectivity index (χ0n) is 9.27. The lowest BCUT2D eigenvalue weighted by atomic mass is 9.73. The lowest BCUT2D eigenvalue weighted by Gasteiger charge is -2.39. The van der Waals surface area contributed by atoms with Gasteiger partial charge in [0.15, 0.2) is 0 Å². The third kappa shape index (κ3) is 2.07. The van der Waals surface area contributed by atoms with Gasteiger partial charge < -0.3 is 5.32 Å². The maximum Gasteiger partial charge on any atom is 0.0121 e. The van der Waals surface area contributed by atoms with Gasteiger partial charge in [-0.1, -0.05) is 33.6 Å². The second-order valence-corrected chi connectivity index (χ2v) is 5.77. The summed E-state index contributed by atoms with van der Waals surface area (Å²) in [4.78, 5) is 0. The van der Waals surface area contributed by atoms with Gasteiger partial charge in [-0.3, -0.25) is 0 Å². The van der Waals surface area contributed by atoms with Gasteiger partial charge in [0.25, 0.3) is 0 Å². The molecule has 0 radical (unpaired) electrons. The van der Waals surface area contributed by atoms with Crippen molar-refractivity contribution in [2.24, 2.45) is 11.3 Å². The van der Waals surface area contributed by atoms with E-state index in [2.05, 4.69) is 26.1 Å². The molecule has 0 aromatic heterocycles. The Labute approximate surface area is 82.3 Å². The lowest BCUT2D eigenvalue weighted by molar-refractivity contribution is 0.165. The normalized spacial score (nSPS) is 43.2. The molecule has 0 bridgehead atoms. The monoisotopic (exact) mass is 181 g/mol. The summed E-state index contributed by atoms with van der Waals surface area (Å²) in [6, 6.07) is 1.64. The van der Waals surface area contributed by atoms with Crippen LogP contribution in [-0.4, -0.2) is 12.1 Å². The molecule has 13 heavy (non-hydrogen) atoms. The topological polar surface area (TPSA) is 12.0 Å². The minimum absolute atomic E-state index is 0.542. The van der Waals surface area contributed by atoms with Crippen LogP contribution in [0.4, 0.5) is 0 Å². The van der Waals surface area contributed by atoms with E-state index in [-0.39, 0.29) is 0 Å². The molecular weight excluding hydrogens is 158 g/mol. The smallest absolute Gasteiger partial charge is 0.0121 e. The molecule has 1 N–H and O–H groups in total. The van der Waals surface area contributed by atoms with E-state index in [0.29, 0.717) is 5.41 Å². The highest BCUT2D eigenvalue weighted by Gasteiger charge is 2.39. The van der Waals surface area contributed by atoms with Gasteiger partial charge >= 0.3 is 0 Å². The summed E-state index contributed by atoms with van der Waals surface area (Å²) in [5, 5.41) is 3.83. The van der Waals surface area contributed by atoms with E-state index in [0.717, 1.165) is 18.0 Å². The van der Waals surface area contributed by atoms with E-state index in [1.165, 1.54) is 32.1 Å². The molecule has 1 heteroatoms. The Hall–Kier alpha value is -0.0400. The number of hydrogen-bond donors (Lipinski definition) is 1. The highest BCUT2D eigenvalue weighted by molar-refractivity contribution is 4.97. The molecule has 0 heterocycles. The number of hydrogen-bond acceptors (Lipinski definition) is 1. The highest BCUT2D eigenvalue weighted by atomic mass is 15.0. The summed E-state index contributed by atoms with van der Waals surface area (Å²) in [7, 11) is 0. The zero-order chi connectivity index (χ0) is 9.47. The molecule has 2 aliphatic rings. The number of rotatable bonds is 2. The SMILES string of the molecule is CC1CC1NC1CCCCC1(C)C. The van der Waals surface area contributed by atoms with E-state index in [9.17, 15) is 0 Å². The maximum atomic E-state index is 3.83. The van der Waals surface area contributed by atoms with Crippen molar-refractivity contribution in [1.82, 2.24) is 5.32 Å². The van der Waals surface area contributed by atoms with Gasteiger partial charge in [0, 0.05) is 12.1 Å². The standard InChI is InChI=1S/C12H23N/c1-9-8-10(9)13-11-6-4-5-7-12(11,2)3/h9-11,13H,4-8H2,1-3H3. The Morgan fingerprint density at radius 2 is 1.92 bits per heavy atom. The van der Waals surface area contributed by atoms with Crippen LogP contribution in [0.15, 0.2) is 0 Å². The van der Waals surface area contributed by atoms with Crippen LogP contribution in [0.5, 0.6) is 0 Å². The van der Waals surface area contributed by atoms with Gasteiger partial charge in [-0.2, -0.15) is 0 Å². The van der Waals surface area contributed by atoms with Crippen molar-refractivity contribution in [2.75, 3.05) is 0 Å². The number of nitrogens with one attached hydrogen (secondary N) is 1. The van der Waals surface area contributed by atoms with E-state index >= 15 is 0 Å². The van der Waals surface area contributed by atoms with Crippen LogP contribution >= 0.6 is 0 Å². The Balaban J connectivity index is 1.88. The van der Waals surface area contributed by atoms with Crippen molar-refractivity contribution < 1.29 is 0 Å². The first kappa shape index (κ1) is 9.51. The predicted molar refractivity (Wildman–Crippen MR) is 56.7 cm³/mol. The molecule has 0 aromatic rings. The van der Waals surface area contributed by atoms with Gasteiger partial charge in [0.05, 0.1) is 0 Å². The molecular formula is C12H23N. The van der Waals surface area contributed by atoms with Gasteiger partial charge in [-0.15, -0.1) is 0 Å². The molecule has 0 aliphatic heterocycles. The van der Waals surface area contributed by atoms with Crippen LogP contribution in [0.3, 0.4) is 0 Å². The van der Waals surface area contributed by atoms with Gasteiger partial charge in [0.2, 0.25) is 0 Å². The van der Waals surface area contributed by atoms with Crippen molar-refractivity contribution in [3.63, 3.8) is 0 Å². The summed E-state index contributed by atoms with van der Waals surface area (Å²) < 4.78 is 0. The molecule has 2 saturated carbocycles. The zero-order valence-corrected chi connectivity index (χ0v) is 9.27. The van der Waals surface area contributed by atoms with E-state index < -0.39 is 0 Å². The maximum absolute atomic E-state index is 3.83. The van der Waals surface area contributed by atoms with Crippen molar-refractivity contribution in [3.05, 3.63) is 0 Å². The predicted octanol–water partition coefficient (Wildman–Crippen LogP) is 2.95. The first-order chi connectivity index (χ1) is 6.09. The molecule has 3 atom stereocenters. The van der Waals surface area contributed by atoms with Crippen LogP contribution in [0, 0.1) is 11.3 Å². The molecule has 2 rings (SSSR count). The van der Waals surface area contributed by atoms with Crippen LogP contribution in [-0.2, 0) is 0 Å². The van der Waals surface area contributed by atoms with Crippen molar-refractivity contribution in [3.8, 4) is 0 Å². The quantitative estimate of drug-likeness (QED) is 0.690. The molecule has 2 fully saturated rings. The van der Waals surface area contributed by atoms with Crippen LogP contribution in [0.1, 0.15) is 52.9 Å². The average molecular weight is 181 g/mol. The Morgan fingerprint density at radius 3 is 2.46 bits per heavy atom. The summed E-state index contributed by atoms with van der Waals surface area (Å²) in [6.45, 7) is 7.21. The van der Waals surface area contributed by atoms with E-state index in [4.69, 9.17) is 0 Å². The fraction of sp³-hybridized carbons (Fsp3) is 1.00. The minimum Gasteiger partial charge on any atom is -0.310 e. The lowest BCUT2D eigenvalue weighted by Crippen LogP contribution is -2.45. The summed E-state index contributed by atoms with van der Waals surface area (Å²) in [5.41, 5.74) is 0.542. The summed E-state index contributed by atoms with van der Waals surface area (Å²) in [6.07, 6.45) is 7.09. The Bertz CT molecular complexity index is 186. The Morgan fingerprint density at radius 1 is 1.23 bits per heavy atom. The fourth-order valence-electron chi connectivity index (χ4n) is 2.62. The molecule has 0 amide bonds. The molecule has 2 aliphatic carbocycles. The third-order valence-corrected chi connectivity index (χ3v) is 4.03. The van der Waals surface area contributed by atoms with E-state index in [1.807, 2.05) is 0 Å². The molecule has 1 nitrogen and oxygen atoms in total. The van der Waals surface area contributed by atoms with Crippen LogP contribution < -0.4 is 5.32 Å². The molecule has 3 unspecified atom stereocenters. The second-order valence-electron chi connectivity index (χ2n) is 5.77. The van der Waals surface area contributed by atoms with E-state index in [1.54, 1.807) is 0 Å². The summed E-state index contributed by atoms with van der Waals surface area (Å²) in [5.74, 6) is 0.942. The fourth-order valence-corrected chi connectivity index (χ4v) is 2.62. The van der Waals surface area contributed by atoms with Gasteiger partial charge in [-0.25, -0.2) is 0 Å². The van der Waals surface area contributed by atoms with Crippen molar-refractivity contribution >= 4 is 0 Å². The molecule has 76 valence electrons. The largest absolute Gasteiger partial charge is 0.310 e. The minimum atomic E-state index is 0.542. The van der Waals surface area contributed by atoms with Crippen molar-refractivity contribution in [2.45, 2.75) is 65.0 Å². The first-order valence-corrected chi connectivity index (χ1v) is 5.86. The van der Waals surface area contributed by atoms with Crippen LogP contribution in [0.2, 0.25) is 0 Å². The average Bonchev–Trinajstić information content (AvgIpc) is 2.71. The van der Waals surface area contributed by atoms with Crippen molar-refractivity contribution in [1.29, 1.82) is 0 Å². The third-order valence-electron chi connectivity index (χ3n) is 4.03. The van der Waals surface area contributed by atoms with Gasteiger partial charge in [0.1, 0.15) is 0 Å². The van der Waals surface area contributed by atoms with Crippen LogP contribution in [0.25, 0.3) is 0 Å². The van der Waals surface area contributed by atoms with Gasteiger partial charge in [-0.05, 0) is 30.6 Å². The molecule has 0 aromatic carbocycles. The molecule has 0 spiro atoms. The first-order valence-electron chi connectivity index (χ1n) is 5.86.